The fraction of sp³-hybridized carbons (Fsp3) is 0.538. The van der Waals surface area contributed by atoms with Crippen molar-refractivity contribution in [2.45, 2.75) is 40.5 Å². The van der Waals surface area contributed by atoms with Crippen LogP contribution >= 0.6 is 0 Å². The van der Waals surface area contributed by atoms with Crippen LogP contribution in [0.4, 0.5) is 5.82 Å². The van der Waals surface area contributed by atoms with E-state index in [9.17, 15) is 0 Å². The molecule has 0 atom stereocenters. The van der Waals surface area contributed by atoms with E-state index < -0.39 is 0 Å². The Labute approximate surface area is 113 Å². The maximum Gasteiger partial charge on any atom is 0.164 e. The van der Waals surface area contributed by atoms with Crippen molar-refractivity contribution in [3.63, 3.8) is 0 Å². The summed E-state index contributed by atoms with van der Waals surface area (Å²) in [6.07, 6.45) is 1.87. The van der Waals surface area contributed by atoms with Crippen LogP contribution in [-0.4, -0.2) is 31.8 Å². The molecule has 0 spiro atoms. The maximum absolute atomic E-state index is 4.62. The lowest BCUT2D eigenvalue weighted by atomic mass is 10.2. The van der Waals surface area contributed by atoms with Crippen LogP contribution in [0.15, 0.2) is 0 Å². The molecule has 6 nitrogen and oxygen atoms in total. The fourth-order valence-electron chi connectivity index (χ4n) is 2.06. The zero-order valence-electron chi connectivity index (χ0n) is 12.2. The van der Waals surface area contributed by atoms with Crippen LogP contribution in [0.3, 0.4) is 0 Å². The zero-order chi connectivity index (χ0) is 14.0. The third-order valence-electron chi connectivity index (χ3n) is 2.95. The molecule has 0 amide bonds. The van der Waals surface area contributed by atoms with Gasteiger partial charge in [-0.2, -0.15) is 4.68 Å². The molecular formula is C13H20N6. The molecule has 102 valence electrons. The second-order valence-corrected chi connectivity index (χ2v) is 4.56. The SMILES string of the molecule is CCCc1nc(NC)c(C)c(-n2nc(C)nc2C)n1. The van der Waals surface area contributed by atoms with Crippen LogP contribution in [0, 0.1) is 20.8 Å². The van der Waals surface area contributed by atoms with Crippen molar-refractivity contribution >= 4 is 5.82 Å². The van der Waals surface area contributed by atoms with Crippen molar-refractivity contribution in [2.75, 3.05) is 12.4 Å². The first-order chi connectivity index (χ1) is 9.06. The summed E-state index contributed by atoms with van der Waals surface area (Å²) in [5.74, 6) is 4.07. The Morgan fingerprint density at radius 1 is 1.11 bits per heavy atom. The van der Waals surface area contributed by atoms with Crippen LogP contribution in [-0.2, 0) is 6.42 Å². The van der Waals surface area contributed by atoms with Crippen molar-refractivity contribution in [3.8, 4) is 5.82 Å². The molecule has 0 saturated heterocycles. The Balaban J connectivity index is 2.60. The molecule has 2 heterocycles. The Bertz CT molecular complexity index is 587. The van der Waals surface area contributed by atoms with Gasteiger partial charge in [-0.3, -0.25) is 0 Å². The molecule has 19 heavy (non-hydrogen) atoms. The molecule has 1 N–H and O–H groups in total. The van der Waals surface area contributed by atoms with E-state index in [1.807, 2.05) is 27.8 Å². The normalized spacial score (nSPS) is 10.8. The summed E-state index contributed by atoms with van der Waals surface area (Å²) in [6, 6.07) is 0. The van der Waals surface area contributed by atoms with Crippen molar-refractivity contribution in [2.24, 2.45) is 0 Å². The monoisotopic (exact) mass is 260 g/mol. The fourth-order valence-corrected chi connectivity index (χ4v) is 2.06. The van der Waals surface area contributed by atoms with Crippen molar-refractivity contribution in [1.29, 1.82) is 0 Å². The number of hydrogen-bond donors (Lipinski definition) is 1. The van der Waals surface area contributed by atoms with Crippen LogP contribution in [0.5, 0.6) is 0 Å². The Morgan fingerprint density at radius 2 is 1.84 bits per heavy atom. The summed E-state index contributed by atoms with van der Waals surface area (Å²) in [7, 11) is 1.87. The molecule has 0 bridgehead atoms. The van der Waals surface area contributed by atoms with Gasteiger partial charge in [0.05, 0.1) is 0 Å². The molecule has 2 rings (SSSR count). The molecule has 0 unspecified atom stereocenters. The minimum Gasteiger partial charge on any atom is -0.373 e. The number of hydrogen-bond acceptors (Lipinski definition) is 5. The van der Waals surface area contributed by atoms with E-state index in [-0.39, 0.29) is 0 Å². The molecule has 0 saturated carbocycles. The number of nitrogens with zero attached hydrogens (tertiary/aromatic N) is 5. The van der Waals surface area contributed by atoms with E-state index in [1.165, 1.54) is 0 Å². The maximum atomic E-state index is 4.62. The summed E-state index contributed by atoms with van der Waals surface area (Å²) < 4.78 is 1.78. The molecule has 0 aliphatic heterocycles. The van der Waals surface area contributed by atoms with Gasteiger partial charge < -0.3 is 5.32 Å². The lowest BCUT2D eigenvalue weighted by molar-refractivity contribution is 0.758. The molecular weight excluding hydrogens is 240 g/mol. The van der Waals surface area contributed by atoms with Crippen molar-refractivity contribution in [1.82, 2.24) is 24.7 Å². The number of anilines is 1. The first-order valence-electron chi connectivity index (χ1n) is 6.52. The summed E-state index contributed by atoms with van der Waals surface area (Å²) >= 11 is 0. The van der Waals surface area contributed by atoms with E-state index in [4.69, 9.17) is 0 Å². The van der Waals surface area contributed by atoms with Gasteiger partial charge >= 0.3 is 0 Å². The topological polar surface area (TPSA) is 68.5 Å². The number of aryl methyl sites for hydroxylation is 3. The van der Waals surface area contributed by atoms with Crippen LogP contribution < -0.4 is 5.32 Å². The highest BCUT2D eigenvalue weighted by Crippen LogP contribution is 2.19. The van der Waals surface area contributed by atoms with E-state index in [1.54, 1.807) is 4.68 Å². The molecule has 0 aromatic carbocycles. The predicted octanol–water partition coefficient (Wildman–Crippen LogP) is 1.98. The summed E-state index contributed by atoms with van der Waals surface area (Å²) in [5, 5.41) is 7.52. The molecule has 6 heteroatoms. The minimum atomic E-state index is 0.749. The molecule has 0 aliphatic rings. The highest BCUT2D eigenvalue weighted by molar-refractivity contribution is 5.51. The first-order valence-corrected chi connectivity index (χ1v) is 6.52. The van der Waals surface area contributed by atoms with E-state index in [2.05, 4.69) is 32.3 Å². The van der Waals surface area contributed by atoms with Crippen molar-refractivity contribution in [3.05, 3.63) is 23.0 Å². The van der Waals surface area contributed by atoms with Crippen LogP contribution in [0.1, 0.15) is 36.4 Å². The Morgan fingerprint density at radius 3 is 2.37 bits per heavy atom. The van der Waals surface area contributed by atoms with Crippen molar-refractivity contribution < 1.29 is 0 Å². The predicted molar refractivity (Wildman–Crippen MR) is 74.7 cm³/mol. The summed E-state index contributed by atoms with van der Waals surface area (Å²) in [5.41, 5.74) is 0.982. The average Bonchev–Trinajstić information content (AvgIpc) is 2.70. The van der Waals surface area contributed by atoms with Gasteiger partial charge in [0.15, 0.2) is 5.82 Å². The smallest absolute Gasteiger partial charge is 0.164 e. The molecule has 0 fully saturated rings. The Kier molecular flexibility index (Phi) is 3.78. The third kappa shape index (κ3) is 2.57. The molecule has 2 aromatic rings. The largest absolute Gasteiger partial charge is 0.373 e. The molecule has 2 aromatic heterocycles. The van der Waals surface area contributed by atoms with Gasteiger partial charge in [0, 0.05) is 19.0 Å². The van der Waals surface area contributed by atoms with Gasteiger partial charge in [-0.15, -0.1) is 5.10 Å². The standard InChI is InChI=1S/C13H20N6/c1-6-7-11-16-12(14-5)8(2)13(17-11)19-10(4)15-9(3)18-19/h6-7H2,1-5H3,(H,14,16,17). The van der Waals surface area contributed by atoms with Gasteiger partial charge in [-0.25, -0.2) is 15.0 Å². The van der Waals surface area contributed by atoms with Gasteiger partial charge in [-0.05, 0) is 27.2 Å². The minimum absolute atomic E-state index is 0.749. The third-order valence-corrected chi connectivity index (χ3v) is 2.95. The molecule has 0 radical (unpaired) electrons. The zero-order valence-corrected chi connectivity index (χ0v) is 12.2. The number of nitrogens with one attached hydrogen (secondary N) is 1. The van der Waals surface area contributed by atoms with E-state index >= 15 is 0 Å². The van der Waals surface area contributed by atoms with Gasteiger partial charge in [0.1, 0.15) is 23.3 Å². The van der Waals surface area contributed by atoms with E-state index in [0.717, 1.165) is 47.5 Å². The Hall–Kier alpha value is -1.98. The first kappa shape index (κ1) is 13.5. The lowest BCUT2D eigenvalue weighted by Gasteiger charge is -2.12. The number of aromatic nitrogens is 5. The van der Waals surface area contributed by atoms with Crippen LogP contribution in [0.2, 0.25) is 0 Å². The van der Waals surface area contributed by atoms with Gasteiger partial charge in [-0.1, -0.05) is 6.92 Å². The second kappa shape index (κ2) is 5.34. The quantitative estimate of drug-likeness (QED) is 0.910. The van der Waals surface area contributed by atoms with Crippen LogP contribution in [0.25, 0.3) is 5.82 Å². The second-order valence-electron chi connectivity index (χ2n) is 4.56. The lowest BCUT2D eigenvalue weighted by Crippen LogP contribution is -2.11. The highest BCUT2D eigenvalue weighted by atomic mass is 15.4. The summed E-state index contributed by atoms with van der Waals surface area (Å²) in [4.78, 5) is 13.5. The number of rotatable bonds is 4. The molecule has 0 aliphatic carbocycles. The van der Waals surface area contributed by atoms with Gasteiger partial charge in [0.2, 0.25) is 0 Å². The average molecular weight is 260 g/mol. The van der Waals surface area contributed by atoms with E-state index in [0.29, 0.717) is 0 Å². The highest BCUT2D eigenvalue weighted by Gasteiger charge is 2.14. The summed E-state index contributed by atoms with van der Waals surface area (Å²) in [6.45, 7) is 7.92. The van der Waals surface area contributed by atoms with Gasteiger partial charge in [0.25, 0.3) is 0 Å².